The minimum atomic E-state index is -4.78. The van der Waals surface area contributed by atoms with Crippen LogP contribution in [0.3, 0.4) is 0 Å². The molecule has 0 aromatic carbocycles. The molecule has 2 rings (SSSR count). The number of amides is 1. The van der Waals surface area contributed by atoms with E-state index >= 15 is 0 Å². The molecule has 1 heterocycles. The molecule has 0 saturated carbocycles. The molecule has 0 atom stereocenters. The van der Waals surface area contributed by atoms with E-state index in [1.807, 2.05) is 0 Å². The lowest BCUT2D eigenvalue weighted by Gasteiger charge is -2.16. The highest BCUT2D eigenvalue weighted by molar-refractivity contribution is 5.93. The molecule has 1 aliphatic carbocycles. The fraction of sp³-hybridized carbons (Fsp3) is 0.333. The highest BCUT2D eigenvalue weighted by Crippen LogP contribution is 2.29. The summed E-state index contributed by atoms with van der Waals surface area (Å²) in [6.45, 7) is -0.107. The van der Waals surface area contributed by atoms with Gasteiger partial charge in [0.25, 0.3) is 0 Å². The lowest BCUT2D eigenvalue weighted by atomic mass is 10.0. The van der Waals surface area contributed by atoms with Crippen LogP contribution in [0.4, 0.5) is 26.3 Å². The van der Waals surface area contributed by atoms with Crippen molar-refractivity contribution in [3.63, 3.8) is 0 Å². The number of ether oxygens (including phenoxy) is 1. The number of allylic oxidation sites excluding steroid dienone is 3. The van der Waals surface area contributed by atoms with E-state index in [2.05, 4.69) is 15.0 Å². The van der Waals surface area contributed by atoms with E-state index in [1.54, 1.807) is 0 Å². The quantitative estimate of drug-likeness (QED) is 0.824. The van der Waals surface area contributed by atoms with E-state index < -0.39 is 24.0 Å². The summed E-state index contributed by atoms with van der Waals surface area (Å²) in [5, 5.41) is 2.45. The molecule has 1 aromatic rings. The van der Waals surface area contributed by atoms with Crippen LogP contribution >= 0.6 is 0 Å². The van der Waals surface area contributed by atoms with Crippen molar-refractivity contribution in [2.24, 2.45) is 0 Å². The second kappa shape index (κ2) is 7.16. The number of pyridine rings is 1. The Kier molecular flexibility index (Phi) is 5.39. The minimum Gasteiger partial charge on any atom is -0.410 e. The molecule has 0 spiro atoms. The molecule has 1 amide bonds. The van der Waals surface area contributed by atoms with Gasteiger partial charge in [0.2, 0.25) is 5.91 Å². The smallest absolute Gasteiger partial charge is 0.410 e. The molecule has 0 aliphatic heterocycles. The predicted molar refractivity (Wildman–Crippen MR) is 73.6 cm³/mol. The monoisotopic (exact) mass is 366 g/mol. The standard InChI is InChI=1S/C15H12F6N2O2/c16-14(17,18)10-3-4-11(22-7-10)8-23-13(24)9-1-5-12(6-2-9)25-15(19,20)21/h1,3-5,7H,2,6,8H2,(H,23,24). The van der Waals surface area contributed by atoms with Gasteiger partial charge in [0.05, 0.1) is 17.8 Å². The molecule has 25 heavy (non-hydrogen) atoms. The van der Waals surface area contributed by atoms with Crippen LogP contribution in [0.1, 0.15) is 24.1 Å². The summed E-state index contributed by atoms with van der Waals surface area (Å²) >= 11 is 0. The molecule has 10 heteroatoms. The molecule has 0 saturated heterocycles. The van der Waals surface area contributed by atoms with Crippen LogP contribution < -0.4 is 5.32 Å². The average Bonchev–Trinajstić information content (AvgIpc) is 2.51. The van der Waals surface area contributed by atoms with Gasteiger partial charge in [-0.1, -0.05) is 6.08 Å². The molecule has 1 aliphatic rings. The zero-order valence-corrected chi connectivity index (χ0v) is 12.5. The molecular weight excluding hydrogens is 354 g/mol. The number of carbonyl (C=O) groups excluding carboxylic acids is 1. The Morgan fingerprint density at radius 2 is 1.84 bits per heavy atom. The Bertz CT molecular complexity index is 689. The van der Waals surface area contributed by atoms with Gasteiger partial charge in [-0.3, -0.25) is 9.78 Å². The first kappa shape index (κ1) is 18.8. The van der Waals surface area contributed by atoms with E-state index in [4.69, 9.17) is 0 Å². The number of rotatable bonds is 4. The van der Waals surface area contributed by atoms with Crippen LogP contribution in [0, 0.1) is 0 Å². The van der Waals surface area contributed by atoms with Crippen LogP contribution in [0.15, 0.2) is 41.8 Å². The number of hydrogen-bond acceptors (Lipinski definition) is 3. The van der Waals surface area contributed by atoms with Crippen LogP contribution in [0.25, 0.3) is 0 Å². The highest BCUT2D eigenvalue weighted by Gasteiger charge is 2.32. The van der Waals surface area contributed by atoms with Gasteiger partial charge in [-0.25, -0.2) is 0 Å². The summed E-state index contributed by atoms with van der Waals surface area (Å²) in [6, 6.07) is 1.98. The number of nitrogens with one attached hydrogen (secondary N) is 1. The Morgan fingerprint density at radius 3 is 2.32 bits per heavy atom. The van der Waals surface area contributed by atoms with Gasteiger partial charge >= 0.3 is 12.5 Å². The Labute approximate surface area is 138 Å². The first-order valence-corrected chi connectivity index (χ1v) is 7.00. The second-order valence-electron chi connectivity index (χ2n) is 5.09. The first-order valence-electron chi connectivity index (χ1n) is 7.00. The normalized spacial score (nSPS) is 15.3. The van der Waals surface area contributed by atoms with Crippen molar-refractivity contribution in [2.75, 3.05) is 0 Å². The highest BCUT2D eigenvalue weighted by atomic mass is 19.4. The lowest BCUT2D eigenvalue weighted by molar-refractivity contribution is -0.306. The van der Waals surface area contributed by atoms with Crippen molar-refractivity contribution in [1.82, 2.24) is 10.3 Å². The van der Waals surface area contributed by atoms with E-state index in [0.717, 1.165) is 18.2 Å². The molecule has 0 radical (unpaired) electrons. The Balaban J connectivity index is 1.90. The predicted octanol–water partition coefficient (Wildman–Crippen LogP) is 3.86. The number of alkyl halides is 6. The molecule has 0 unspecified atom stereocenters. The van der Waals surface area contributed by atoms with Crippen LogP contribution in [0.2, 0.25) is 0 Å². The number of aromatic nitrogens is 1. The van der Waals surface area contributed by atoms with Gasteiger partial charge in [0, 0.05) is 18.2 Å². The molecule has 0 bridgehead atoms. The molecule has 136 valence electrons. The largest absolute Gasteiger partial charge is 0.572 e. The summed E-state index contributed by atoms with van der Waals surface area (Å²) in [5.74, 6) is -0.836. The van der Waals surface area contributed by atoms with Crippen molar-refractivity contribution < 1.29 is 35.9 Å². The van der Waals surface area contributed by atoms with Crippen molar-refractivity contribution in [3.05, 3.63) is 53.1 Å². The zero-order chi connectivity index (χ0) is 18.7. The average molecular weight is 366 g/mol. The third kappa shape index (κ3) is 5.80. The Hall–Kier alpha value is -2.52. The van der Waals surface area contributed by atoms with Gasteiger partial charge in [-0.05, 0) is 24.6 Å². The second-order valence-corrected chi connectivity index (χ2v) is 5.09. The SMILES string of the molecule is O=C(NCc1ccc(C(F)(F)F)cn1)C1=CC=C(OC(F)(F)F)CC1. The molecule has 1 aromatic heterocycles. The number of carbonyl (C=O) groups is 1. The van der Waals surface area contributed by atoms with Gasteiger partial charge in [0.1, 0.15) is 5.76 Å². The molecule has 0 fully saturated rings. The van der Waals surface area contributed by atoms with Gasteiger partial charge in [0.15, 0.2) is 0 Å². The minimum absolute atomic E-state index is 0.0498. The maximum atomic E-state index is 12.4. The van der Waals surface area contributed by atoms with E-state index in [9.17, 15) is 31.1 Å². The maximum Gasteiger partial charge on any atom is 0.572 e. The topological polar surface area (TPSA) is 51.2 Å². The lowest BCUT2D eigenvalue weighted by Crippen LogP contribution is -2.26. The summed E-state index contributed by atoms with van der Waals surface area (Å²) in [5.41, 5.74) is -0.448. The van der Waals surface area contributed by atoms with Gasteiger partial charge in [-0.2, -0.15) is 13.2 Å². The summed E-state index contributed by atoms with van der Waals surface area (Å²) in [4.78, 5) is 15.5. The van der Waals surface area contributed by atoms with Crippen molar-refractivity contribution in [2.45, 2.75) is 31.9 Å². The summed E-state index contributed by atoms with van der Waals surface area (Å²) in [6.07, 6.45) is -6.39. The fourth-order valence-electron chi connectivity index (χ4n) is 2.02. The van der Waals surface area contributed by atoms with Crippen molar-refractivity contribution in [3.8, 4) is 0 Å². The molecule has 1 N–H and O–H groups in total. The number of halogens is 6. The number of hydrogen-bond donors (Lipinski definition) is 1. The van der Waals surface area contributed by atoms with E-state index in [0.29, 0.717) is 6.20 Å². The van der Waals surface area contributed by atoms with Crippen molar-refractivity contribution in [1.29, 1.82) is 0 Å². The Morgan fingerprint density at radius 1 is 1.12 bits per heavy atom. The number of nitrogens with zero attached hydrogens (tertiary/aromatic N) is 1. The van der Waals surface area contributed by atoms with Crippen molar-refractivity contribution >= 4 is 5.91 Å². The van der Waals surface area contributed by atoms with Gasteiger partial charge < -0.3 is 10.1 Å². The molecular formula is C15H12F6N2O2. The first-order chi connectivity index (χ1) is 11.5. The third-order valence-electron chi connectivity index (χ3n) is 3.23. The van der Waals surface area contributed by atoms with E-state index in [-0.39, 0.29) is 36.4 Å². The van der Waals surface area contributed by atoms with Crippen LogP contribution in [-0.4, -0.2) is 17.3 Å². The maximum absolute atomic E-state index is 12.4. The zero-order valence-electron chi connectivity index (χ0n) is 12.5. The third-order valence-corrected chi connectivity index (χ3v) is 3.23. The van der Waals surface area contributed by atoms with Crippen LogP contribution in [0.5, 0.6) is 0 Å². The van der Waals surface area contributed by atoms with Crippen LogP contribution in [-0.2, 0) is 22.3 Å². The van der Waals surface area contributed by atoms with Gasteiger partial charge in [-0.15, -0.1) is 13.2 Å². The summed E-state index contributed by atoms with van der Waals surface area (Å²) in [7, 11) is 0. The molecule has 4 nitrogen and oxygen atoms in total. The van der Waals surface area contributed by atoms with E-state index in [1.165, 1.54) is 6.08 Å². The fourth-order valence-corrected chi connectivity index (χ4v) is 2.02. The summed E-state index contributed by atoms with van der Waals surface area (Å²) < 4.78 is 77.2.